The van der Waals surface area contributed by atoms with E-state index in [-0.39, 0.29) is 24.4 Å². The first-order valence-corrected chi connectivity index (χ1v) is 14.7. The number of likely N-dealkylation sites (N-methyl/N-ethyl adjacent to an activating group) is 1. The van der Waals surface area contributed by atoms with Gasteiger partial charge < -0.3 is 19.7 Å². The summed E-state index contributed by atoms with van der Waals surface area (Å²) in [6, 6.07) is 19.0. The molecular weight excluding hydrogens is 567 g/mol. The predicted molar refractivity (Wildman–Crippen MR) is 166 cm³/mol. The molecule has 0 saturated carbocycles. The van der Waals surface area contributed by atoms with Crippen LogP contribution in [0.15, 0.2) is 71.9 Å². The SMILES string of the molecule is COc1cccc(F)c1C1=NCc2cnc(Nc3ccc(C4OC4N4CCC(N(C)C)C4)cc3)nc2-c2ccc(Cl)cc21. The number of hydrogen-bond acceptors (Lipinski definition) is 8. The van der Waals surface area contributed by atoms with Crippen molar-refractivity contribution in [2.24, 2.45) is 4.99 Å². The van der Waals surface area contributed by atoms with Gasteiger partial charge in [-0.05, 0) is 62.5 Å². The second-order valence-corrected chi connectivity index (χ2v) is 11.8. The van der Waals surface area contributed by atoms with E-state index in [1.807, 2.05) is 18.2 Å². The van der Waals surface area contributed by atoms with Gasteiger partial charge in [-0.3, -0.25) is 9.89 Å². The molecule has 3 aliphatic heterocycles. The quantitative estimate of drug-likeness (QED) is 0.259. The fraction of sp³-hybridized carbons (Fsp3) is 0.303. The van der Waals surface area contributed by atoms with Gasteiger partial charge in [-0.25, -0.2) is 14.4 Å². The molecule has 0 amide bonds. The van der Waals surface area contributed by atoms with Crippen molar-refractivity contribution >= 4 is 28.9 Å². The van der Waals surface area contributed by atoms with Crippen LogP contribution in [-0.2, 0) is 11.3 Å². The van der Waals surface area contributed by atoms with E-state index in [4.69, 9.17) is 31.1 Å². The van der Waals surface area contributed by atoms with E-state index in [0.29, 0.717) is 39.7 Å². The van der Waals surface area contributed by atoms with E-state index >= 15 is 4.39 Å². The Balaban J connectivity index is 1.13. The number of likely N-dealkylation sites (tertiary alicyclic amines) is 1. The molecule has 220 valence electrons. The van der Waals surface area contributed by atoms with Crippen LogP contribution < -0.4 is 10.1 Å². The topological polar surface area (TPSA) is 78.4 Å². The van der Waals surface area contributed by atoms with Crippen LogP contribution in [-0.4, -0.2) is 72.0 Å². The molecule has 43 heavy (non-hydrogen) atoms. The third kappa shape index (κ3) is 5.38. The van der Waals surface area contributed by atoms with Crippen LogP contribution in [0.3, 0.4) is 0 Å². The first kappa shape index (κ1) is 27.9. The minimum absolute atomic E-state index is 0.101. The van der Waals surface area contributed by atoms with Gasteiger partial charge >= 0.3 is 0 Å². The summed E-state index contributed by atoms with van der Waals surface area (Å²) in [5.74, 6) is 0.424. The molecule has 4 heterocycles. The van der Waals surface area contributed by atoms with Crippen molar-refractivity contribution in [3.8, 4) is 17.0 Å². The highest BCUT2D eigenvalue weighted by molar-refractivity contribution is 6.31. The van der Waals surface area contributed by atoms with Crippen molar-refractivity contribution in [3.63, 3.8) is 0 Å². The zero-order valence-corrected chi connectivity index (χ0v) is 25.0. The summed E-state index contributed by atoms with van der Waals surface area (Å²) >= 11 is 6.43. The summed E-state index contributed by atoms with van der Waals surface area (Å²) in [5.41, 5.74) is 5.78. The molecule has 4 aromatic rings. The molecule has 0 spiro atoms. The molecule has 2 saturated heterocycles. The fourth-order valence-electron chi connectivity index (χ4n) is 6.03. The van der Waals surface area contributed by atoms with Crippen molar-refractivity contribution in [2.45, 2.75) is 31.3 Å². The Morgan fingerprint density at radius 3 is 2.70 bits per heavy atom. The third-order valence-corrected chi connectivity index (χ3v) is 8.68. The van der Waals surface area contributed by atoms with E-state index < -0.39 is 5.82 Å². The molecule has 3 aliphatic rings. The number of aliphatic imine (C=N–C) groups is 1. The standard InChI is InChI=1S/C33H32ClFN6O2/c1-40(2)23-13-14-41(18-23)32-31(43-32)19-7-10-22(11-8-19)38-33-37-17-20-16-36-30(28-26(35)5-4-6-27(28)42-3)25-15-21(34)9-12-24(25)29(20)39-33/h4-12,15,17,23,31-32H,13-14,16,18H2,1-3H3,(H,37,38,39). The first-order valence-electron chi connectivity index (χ1n) is 14.4. The summed E-state index contributed by atoms with van der Waals surface area (Å²) in [4.78, 5) is 19.0. The number of benzene rings is 3. The Morgan fingerprint density at radius 2 is 1.93 bits per heavy atom. The lowest BCUT2D eigenvalue weighted by Crippen LogP contribution is -2.32. The number of anilines is 2. The van der Waals surface area contributed by atoms with E-state index in [9.17, 15) is 0 Å². The zero-order chi connectivity index (χ0) is 29.7. The van der Waals surface area contributed by atoms with Gasteiger partial charge in [0, 0.05) is 52.7 Å². The van der Waals surface area contributed by atoms with Crippen molar-refractivity contribution in [1.82, 2.24) is 19.8 Å². The minimum Gasteiger partial charge on any atom is -0.496 e. The molecular formula is C33H32ClFN6O2. The maximum atomic E-state index is 15.2. The van der Waals surface area contributed by atoms with E-state index in [1.54, 1.807) is 30.5 Å². The summed E-state index contributed by atoms with van der Waals surface area (Å²) < 4.78 is 26.7. The highest BCUT2D eigenvalue weighted by Gasteiger charge is 2.47. The van der Waals surface area contributed by atoms with Crippen LogP contribution in [0.1, 0.15) is 34.8 Å². The number of epoxide rings is 1. The Labute approximate surface area is 255 Å². The number of hydrogen-bond donors (Lipinski definition) is 1. The Morgan fingerprint density at radius 1 is 1.09 bits per heavy atom. The van der Waals surface area contributed by atoms with Crippen molar-refractivity contribution in [1.29, 1.82) is 0 Å². The minimum atomic E-state index is -0.423. The zero-order valence-electron chi connectivity index (χ0n) is 24.2. The van der Waals surface area contributed by atoms with Crippen LogP contribution in [0.4, 0.5) is 16.0 Å². The lowest BCUT2D eigenvalue weighted by molar-refractivity contribution is 0.193. The lowest BCUT2D eigenvalue weighted by Gasteiger charge is -2.19. The number of halogens is 2. The number of fused-ring (bicyclic) bond motifs is 3. The molecule has 1 aromatic heterocycles. The molecule has 0 radical (unpaired) electrons. The van der Waals surface area contributed by atoms with Crippen LogP contribution >= 0.6 is 11.6 Å². The van der Waals surface area contributed by atoms with Gasteiger partial charge in [-0.15, -0.1) is 0 Å². The van der Waals surface area contributed by atoms with E-state index in [2.05, 4.69) is 46.3 Å². The highest BCUT2D eigenvalue weighted by atomic mass is 35.5. The molecule has 7 rings (SSSR count). The number of nitrogens with one attached hydrogen (secondary N) is 1. The maximum Gasteiger partial charge on any atom is 0.227 e. The lowest BCUT2D eigenvalue weighted by atomic mass is 9.94. The van der Waals surface area contributed by atoms with Gasteiger partial charge in [0.1, 0.15) is 23.9 Å². The molecule has 8 nitrogen and oxygen atoms in total. The Bertz CT molecular complexity index is 1710. The number of aromatic nitrogens is 2. The molecule has 10 heteroatoms. The molecule has 0 bridgehead atoms. The summed E-state index contributed by atoms with van der Waals surface area (Å²) in [6.07, 6.45) is 3.19. The third-order valence-electron chi connectivity index (χ3n) is 8.44. The summed E-state index contributed by atoms with van der Waals surface area (Å²) in [7, 11) is 5.80. The van der Waals surface area contributed by atoms with Gasteiger partial charge in [-0.1, -0.05) is 35.9 Å². The van der Waals surface area contributed by atoms with Crippen molar-refractivity contribution < 1.29 is 13.9 Å². The second-order valence-electron chi connectivity index (χ2n) is 11.3. The average molecular weight is 599 g/mol. The summed E-state index contributed by atoms with van der Waals surface area (Å²) in [6.45, 7) is 2.38. The van der Waals surface area contributed by atoms with Crippen LogP contribution in [0, 0.1) is 5.82 Å². The molecule has 3 unspecified atom stereocenters. The Hall–Kier alpha value is -3.89. The highest BCUT2D eigenvalue weighted by Crippen LogP contribution is 2.43. The average Bonchev–Trinajstić information content (AvgIpc) is 3.68. The van der Waals surface area contributed by atoms with E-state index in [1.165, 1.54) is 19.6 Å². The number of nitrogens with zero attached hydrogens (tertiary/aromatic N) is 5. The number of methoxy groups -OCH3 is 1. The van der Waals surface area contributed by atoms with Crippen molar-refractivity contribution in [2.75, 3.05) is 39.6 Å². The smallest absolute Gasteiger partial charge is 0.227 e. The number of rotatable bonds is 7. The van der Waals surface area contributed by atoms with Gasteiger partial charge in [0.15, 0.2) is 0 Å². The van der Waals surface area contributed by atoms with Gasteiger partial charge in [0.25, 0.3) is 0 Å². The largest absolute Gasteiger partial charge is 0.496 e. The van der Waals surface area contributed by atoms with Crippen LogP contribution in [0.25, 0.3) is 11.3 Å². The molecule has 3 atom stereocenters. The van der Waals surface area contributed by atoms with Gasteiger partial charge in [0.05, 0.1) is 30.6 Å². The second kappa shape index (κ2) is 11.3. The fourth-order valence-corrected chi connectivity index (χ4v) is 6.21. The molecule has 0 aliphatic carbocycles. The predicted octanol–water partition coefficient (Wildman–Crippen LogP) is 6.07. The monoisotopic (exact) mass is 598 g/mol. The summed E-state index contributed by atoms with van der Waals surface area (Å²) in [5, 5.41) is 3.85. The van der Waals surface area contributed by atoms with Gasteiger partial charge in [-0.2, -0.15) is 0 Å². The van der Waals surface area contributed by atoms with E-state index in [0.717, 1.165) is 35.5 Å². The first-order chi connectivity index (χ1) is 20.9. The number of ether oxygens (including phenoxy) is 2. The molecule has 3 aromatic carbocycles. The molecule has 2 fully saturated rings. The van der Waals surface area contributed by atoms with Crippen LogP contribution in [0.5, 0.6) is 5.75 Å². The van der Waals surface area contributed by atoms with Crippen LogP contribution in [0.2, 0.25) is 5.02 Å². The molecule has 1 N–H and O–H groups in total. The van der Waals surface area contributed by atoms with Crippen molar-refractivity contribution in [3.05, 3.63) is 100.0 Å². The maximum absolute atomic E-state index is 15.2. The van der Waals surface area contributed by atoms with Gasteiger partial charge in [0.2, 0.25) is 5.95 Å². The normalized spacial score (nSPS) is 21.2. The Kier molecular flexibility index (Phi) is 7.34.